The standard InChI is InChI=1S/C8H15NOS/c1-2-8(11)9-5-3-4-7(9)6-10/h7,10H,2-6H2,1H3/t7-/m0/s1. The number of hydrogen-bond donors (Lipinski definition) is 1. The highest BCUT2D eigenvalue weighted by Gasteiger charge is 2.24. The van der Waals surface area contributed by atoms with E-state index in [0.717, 1.165) is 24.4 Å². The van der Waals surface area contributed by atoms with E-state index in [1.54, 1.807) is 0 Å². The zero-order valence-corrected chi connectivity index (χ0v) is 7.73. The normalized spacial score (nSPS) is 24.2. The molecule has 0 aliphatic carbocycles. The van der Waals surface area contributed by atoms with Crippen LogP contribution in [0.2, 0.25) is 0 Å². The Morgan fingerprint density at radius 3 is 3.00 bits per heavy atom. The van der Waals surface area contributed by atoms with Crippen LogP contribution in [0.1, 0.15) is 26.2 Å². The maximum atomic E-state index is 8.98. The lowest BCUT2D eigenvalue weighted by molar-refractivity contribution is 0.209. The lowest BCUT2D eigenvalue weighted by Gasteiger charge is -2.24. The van der Waals surface area contributed by atoms with Crippen LogP contribution in [0.25, 0.3) is 0 Å². The van der Waals surface area contributed by atoms with Crippen molar-refractivity contribution in [3.05, 3.63) is 0 Å². The summed E-state index contributed by atoms with van der Waals surface area (Å²) in [5.41, 5.74) is 0. The van der Waals surface area contributed by atoms with Gasteiger partial charge in [-0.2, -0.15) is 0 Å². The van der Waals surface area contributed by atoms with Gasteiger partial charge in [0.1, 0.15) is 0 Å². The molecule has 1 fully saturated rings. The summed E-state index contributed by atoms with van der Waals surface area (Å²) in [7, 11) is 0. The molecule has 64 valence electrons. The topological polar surface area (TPSA) is 23.5 Å². The summed E-state index contributed by atoms with van der Waals surface area (Å²) < 4.78 is 0. The molecule has 0 aromatic heterocycles. The first-order valence-electron chi connectivity index (χ1n) is 4.20. The second-order valence-corrected chi connectivity index (χ2v) is 3.39. The zero-order valence-electron chi connectivity index (χ0n) is 6.92. The van der Waals surface area contributed by atoms with Gasteiger partial charge < -0.3 is 10.0 Å². The van der Waals surface area contributed by atoms with Gasteiger partial charge in [-0.3, -0.25) is 0 Å². The monoisotopic (exact) mass is 173 g/mol. The van der Waals surface area contributed by atoms with E-state index in [1.807, 2.05) is 0 Å². The molecule has 1 aliphatic heterocycles. The molecule has 1 heterocycles. The number of rotatable bonds is 2. The molecule has 0 aromatic rings. The van der Waals surface area contributed by atoms with Gasteiger partial charge in [-0.05, 0) is 19.3 Å². The van der Waals surface area contributed by atoms with Gasteiger partial charge >= 0.3 is 0 Å². The third kappa shape index (κ3) is 1.91. The summed E-state index contributed by atoms with van der Waals surface area (Å²) in [4.78, 5) is 3.16. The Morgan fingerprint density at radius 1 is 1.73 bits per heavy atom. The molecule has 1 atom stereocenters. The Bertz CT molecular complexity index is 149. The molecule has 1 aliphatic rings. The van der Waals surface area contributed by atoms with E-state index >= 15 is 0 Å². The van der Waals surface area contributed by atoms with Crippen LogP contribution in [-0.2, 0) is 0 Å². The van der Waals surface area contributed by atoms with Crippen LogP contribution in [0.3, 0.4) is 0 Å². The molecule has 0 unspecified atom stereocenters. The Morgan fingerprint density at radius 2 is 2.45 bits per heavy atom. The Kier molecular flexibility index (Phi) is 3.27. The zero-order chi connectivity index (χ0) is 8.27. The summed E-state index contributed by atoms with van der Waals surface area (Å²) in [6.07, 6.45) is 3.19. The lowest BCUT2D eigenvalue weighted by atomic mass is 10.2. The maximum absolute atomic E-state index is 8.98. The molecule has 1 rings (SSSR count). The Hall–Kier alpha value is -0.150. The predicted octanol–water partition coefficient (Wildman–Crippen LogP) is 1.18. The number of aliphatic hydroxyl groups is 1. The van der Waals surface area contributed by atoms with Gasteiger partial charge in [0.25, 0.3) is 0 Å². The van der Waals surface area contributed by atoms with E-state index in [1.165, 1.54) is 6.42 Å². The number of nitrogens with zero attached hydrogens (tertiary/aromatic N) is 1. The maximum Gasteiger partial charge on any atom is 0.0779 e. The van der Waals surface area contributed by atoms with Gasteiger partial charge in [0.15, 0.2) is 0 Å². The van der Waals surface area contributed by atoms with Crippen LogP contribution in [0, 0.1) is 0 Å². The van der Waals surface area contributed by atoms with Crippen LogP contribution >= 0.6 is 12.2 Å². The van der Waals surface area contributed by atoms with Crippen molar-refractivity contribution in [1.82, 2.24) is 4.90 Å². The molecule has 3 heteroatoms. The van der Waals surface area contributed by atoms with Gasteiger partial charge in [0.2, 0.25) is 0 Å². The number of hydrogen-bond acceptors (Lipinski definition) is 2. The van der Waals surface area contributed by atoms with E-state index in [9.17, 15) is 0 Å². The fourth-order valence-electron chi connectivity index (χ4n) is 1.56. The van der Waals surface area contributed by atoms with Crippen molar-refractivity contribution in [2.24, 2.45) is 0 Å². The van der Waals surface area contributed by atoms with E-state index in [0.29, 0.717) is 6.04 Å². The minimum Gasteiger partial charge on any atom is -0.394 e. The van der Waals surface area contributed by atoms with Gasteiger partial charge in [-0.15, -0.1) is 0 Å². The van der Waals surface area contributed by atoms with E-state index in [2.05, 4.69) is 11.8 Å². The third-order valence-corrected chi connectivity index (χ3v) is 2.73. The fraction of sp³-hybridized carbons (Fsp3) is 0.875. The predicted molar refractivity (Wildman–Crippen MR) is 49.7 cm³/mol. The number of likely N-dealkylation sites (tertiary alicyclic amines) is 1. The summed E-state index contributed by atoms with van der Waals surface area (Å²) in [5, 5.41) is 8.98. The highest BCUT2D eigenvalue weighted by atomic mass is 32.1. The van der Waals surface area contributed by atoms with Crippen LogP contribution in [0.5, 0.6) is 0 Å². The van der Waals surface area contributed by atoms with Crippen molar-refractivity contribution in [2.45, 2.75) is 32.2 Å². The van der Waals surface area contributed by atoms with E-state index in [-0.39, 0.29) is 6.61 Å². The second-order valence-electron chi connectivity index (χ2n) is 2.92. The number of thiocarbonyl (C=S) groups is 1. The van der Waals surface area contributed by atoms with Gasteiger partial charge in [0, 0.05) is 6.54 Å². The molecule has 2 nitrogen and oxygen atoms in total. The quantitative estimate of drug-likeness (QED) is 0.634. The largest absolute Gasteiger partial charge is 0.394 e. The summed E-state index contributed by atoms with van der Waals surface area (Å²) in [5.74, 6) is 0. The molecule has 0 saturated carbocycles. The molecule has 0 aromatic carbocycles. The SMILES string of the molecule is CCC(=S)N1CCC[C@H]1CO. The van der Waals surface area contributed by atoms with Crippen LogP contribution in [-0.4, -0.2) is 34.2 Å². The summed E-state index contributed by atoms with van der Waals surface area (Å²) in [6, 6.07) is 0.308. The average molecular weight is 173 g/mol. The van der Waals surface area contributed by atoms with Crippen molar-refractivity contribution in [1.29, 1.82) is 0 Å². The van der Waals surface area contributed by atoms with Gasteiger partial charge in [-0.25, -0.2) is 0 Å². The summed E-state index contributed by atoms with van der Waals surface area (Å²) >= 11 is 5.17. The van der Waals surface area contributed by atoms with Crippen molar-refractivity contribution in [3.8, 4) is 0 Å². The lowest BCUT2D eigenvalue weighted by Crippen LogP contribution is -2.36. The van der Waals surface area contributed by atoms with Crippen molar-refractivity contribution in [3.63, 3.8) is 0 Å². The Balaban J connectivity index is 2.49. The van der Waals surface area contributed by atoms with Crippen molar-refractivity contribution < 1.29 is 5.11 Å². The van der Waals surface area contributed by atoms with Crippen LogP contribution < -0.4 is 0 Å². The van der Waals surface area contributed by atoms with Gasteiger partial charge in [-0.1, -0.05) is 19.1 Å². The van der Waals surface area contributed by atoms with Crippen molar-refractivity contribution in [2.75, 3.05) is 13.2 Å². The van der Waals surface area contributed by atoms with E-state index in [4.69, 9.17) is 17.3 Å². The summed E-state index contributed by atoms with van der Waals surface area (Å²) in [6.45, 7) is 3.35. The van der Waals surface area contributed by atoms with Gasteiger partial charge in [0.05, 0.1) is 17.6 Å². The molecule has 11 heavy (non-hydrogen) atoms. The first-order valence-corrected chi connectivity index (χ1v) is 4.60. The first-order chi connectivity index (χ1) is 5.29. The fourth-order valence-corrected chi connectivity index (χ4v) is 1.80. The minimum absolute atomic E-state index is 0.250. The molecule has 0 bridgehead atoms. The average Bonchev–Trinajstić information content (AvgIpc) is 2.50. The number of aliphatic hydroxyl groups excluding tert-OH is 1. The molecular formula is C8H15NOS. The second kappa shape index (κ2) is 4.02. The molecule has 0 spiro atoms. The highest BCUT2D eigenvalue weighted by Crippen LogP contribution is 2.17. The molecule has 1 saturated heterocycles. The minimum atomic E-state index is 0.250. The van der Waals surface area contributed by atoms with Crippen LogP contribution in [0.15, 0.2) is 0 Å². The molecule has 1 N–H and O–H groups in total. The van der Waals surface area contributed by atoms with Crippen molar-refractivity contribution >= 4 is 17.2 Å². The first kappa shape index (κ1) is 8.94. The smallest absolute Gasteiger partial charge is 0.0779 e. The molecule has 0 radical (unpaired) electrons. The van der Waals surface area contributed by atoms with E-state index < -0.39 is 0 Å². The van der Waals surface area contributed by atoms with Crippen LogP contribution in [0.4, 0.5) is 0 Å². The molecular weight excluding hydrogens is 158 g/mol. The third-order valence-electron chi connectivity index (χ3n) is 2.21. The highest BCUT2D eigenvalue weighted by molar-refractivity contribution is 7.80. The molecule has 0 amide bonds. The Labute approximate surface area is 73.2 Å².